The molecule has 0 aromatic carbocycles. The Hall–Kier alpha value is -1.10. The van der Waals surface area contributed by atoms with Crippen molar-refractivity contribution >= 4 is 11.8 Å². The predicted octanol–water partition coefficient (Wildman–Crippen LogP) is 0.522. The molecule has 0 bridgehead atoms. The number of nitrogens with one attached hydrogen (secondary N) is 1. The van der Waals surface area contributed by atoms with Crippen LogP contribution in [0.3, 0.4) is 0 Å². The van der Waals surface area contributed by atoms with Crippen LogP contribution in [0.25, 0.3) is 0 Å². The summed E-state index contributed by atoms with van der Waals surface area (Å²) in [6.45, 7) is 4.89. The molecule has 19 heavy (non-hydrogen) atoms. The molecule has 0 aromatic heterocycles. The maximum Gasteiger partial charge on any atom is 0.225 e. The minimum Gasteiger partial charge on any atom is -0.396 e. The summed E-state index contributed by atoms with van der Waals surface area (Å²) in [5.41, 5.74) is -0.186. The minimum atomic E-state index is -0.186. The van der Waals surface area contributed by atoms with Gasteiger partial charge in [-0.25, -0.2) is 0 Å². The molecular weight excluding hydrogens is 244 g/mol. The summed E-state index contributed by atoms with van der Waals surface area (Å²) in [6, 6.07) is 0.0661. The van der Waals surface area contributed by atoms with Crippen LogP contribution < -0.4 is 5.32 Å². The maximum absolute atomic E-state index is 12.2. The first-order valence-electron chi connectivity index (χ1n) is 7.13. The van der Waals surface area contributed by atoms with Crippen molar-refractivity contribution in [3.05, 3.63) is 0 Å². The molecule has 0 aromatic rings. The van der Waals surface area contributed by atoms with Gasteiger partial charge < -0.3 is 15.3 Å². The van der Waals surface area contributed by atoms with E-state index in [0.717, 1.165) is 25.7 Å². The number of hydrogen-bond donors (Lipinski definition) is 2. The van der Waals surface area contributed by atoms with E-state index in [1.807, 2.05) is 6.92 Å². The van der Waals surface area contributed by atoms with Crippen LogP contribution in [0, 0.1) is 11.3 Å². The summed E-state index contributed by atoms with van der Waals surface area (Å²) in [4.78, 5) is 25.2. The van der Waals surface area contributed by atoms with Crippen molar-refractivity contribution in [3.63, 3.8) is 0 Å². The van der Waals surface area contributed by atoms with Crippen LogP contribution in [0.4, 0.5) is 0 Å². The Labute approximate surface area is 114 Å². The summed E-state index contributed by atoms with van der Waals surface area (Å²) < 4.78 is 0. The average Bonchev–Trinajstić information content (AvgIpc) is 2.98. The molecule has 5 heteroatoms. The average molecular weight is 268 g/mol. The molecule has 1 aliphatic heterocycles. The Balaban J connectivity index is 1.90. The summed E-state index contributed by atoms with van der Waals surface area (Å²) in [7, 11) is 0. The van der Waals surface area contributed by atoms with Crippen molar-refractivity contribution in [1.29, 1.82) is 0 Å². The van der Waals surface area contributed by atoms with Crippen molar-refractivity contribution in [1.82, 2.24) is 10.2 Å². The second-order valence-electron chi connectivity index (χ2n) is 6.22. The molecule has 0 radical (unpaired) electrons. The third-order valence-corrected chi connectivity index (χ3v) is 4.76. The van der Waals surface area contributed by atoms with Gasteiger partial charge in [-0.1, -0.05) is 13.3 Å². The van der Waals surface area contributed by atoms with E-state index in [1.54, 1.807) is 11.8 Å². The normalized spacial score (nSPS) is 34.6. The van der Waals surface area contributed by atoms with Crippen LogP contribution in [0.5, 0.6) is 0 Å². The zero-order chi connectivity index (χ0) is 14.0. The van der Waals surface area contributed by atoms with Crippen LogP contribution in [-0.2, 0) is 9.59 Å². The third kappa shape index (κ3) is 2.91. The fourth-order valence-electron chi connectivity index (χ4n) is 3.22. The molecule has 2 rings (SSSR count). The van der Waals surface area contributed by atoms with Crippen molar-refractivity contribution < 1.29 is 14.7 Å². The Morgan fingerprint density at radius 2 is 2.16 bits per heavy atom. The molecule has 2 N–H and O–H groups in total. The lowest BCUT2D eigenvalue weighted by Gasteiger charge is -2.31. The summed E-state index contributed by atoms with van der Waals surface area (Å²) in [5.74, 6) is -0.0147. The smallest absolute Gasteiger partial charge is 0.225 e. The summed E-state index contributed by atoms with van der Waals surface area (Å²) in [5, 5.41) is 12.6. The van der Waals surface area contributed by atoms with E-state index in [0.29, 0.717) is 13.1 Å². The van der Waals surface area contributed by atoms with Gasteiger partial charge in [0.2, 0.25) is 11.8 Å². The number of likely N-dealkylation sites (tertiary alicyclic amines) is 1. The number of carbonyl (C=O) groups excluding carboxylic acids is 2. The molecule has 108 valence electrons. The Bertz CT molecular complexity index is 372. The van der Waals surface area contributed by atoms with E-state index in [1.165, 1.54) is 0 Å². The summed E-state index contributed by atoms with van der Waals surface area (Å²) >= 11 is 0. The van der Waals surface area contributed by atoms with E-state index in [2.05, 4.69) is 5.32 Å². The largest absolute Gasteiger partial charge is 0.396 e. The zero-order valence-electron chi connectivity index (χ0n) is 11.8. The standard InChI is InChI=1S/C14H24N2O3/c1-10(18)16-7-5-11(8-16)13(19)15-12-4-3-6-14(12,2)9-17/h11-12,17H,3-9H2,1-2H3,(H,15,19). The van der Waals surface area contributed by atoms with Crippen LogP contribution in [0.1, 0.15) is 39.5 Å². The Morgan fingerprint density at radius 1 is 1.42 bits per heavy atom. The molecule has 2 fully saturated rings. The van der Waals surface area contributed by atoms with Gasteiger partial charge in [-0.15, -0.1) is 0 Å². The molecule has 1 saturated carbocycles. The highest BCUT2D eigenvalue weighted by Crippen LogP contribution is 2.37. The lowest BCUT2D eigenvalue weighted by atomic mass is 9.85. The van der Waals surface area contributed by atoms with E-state index < -0.39 is 0 Å². The van der Waals surface area contributed by atoms with E-state index in [9.17, 15) is 14.7 Å². The predicted molar refractivity (Wildman–Crippen MR) is 71.3 cm³/mol. The second kappa shape index (κ2) is 5.49. The van der Waals surface area contributed by atoms with Crippen LogP contribution in [0.15, 0.2) is 0 Å². The van der Waals surface area contributed by atoms with Crippen molar-refractivity contribution in [2.24, 2.45) is 11.3 Å². The van der Waals surface area contributed by atoms with E-state index >= 15 is 0 Å². The Morgan fingerprint density at radius 3 is 2.74 bits per heavy atom. The maximum atomic E-state index is 12.2. The first-order chi connectivity index (χ1) is 8.96. The number of amides is 2. The highest BCUT2D eigenvalue weighted by atomic mass is 16.3. The highest BCUT2D eigenvalue weighted by molar-refractivity contribution is 5.81. The Kier molecular flexibility index (Phi) is 4.13. The number of hydrogen-bond acceptors (Lipinski definition) is 3. The zero-order valence-corrected chi connectivity index (χ0v) is 11.8. The highest BCUT2D eigenvalue weighted by Gasteiger charge is 2.40. The lowest BCUT2D eigenvalue weighted by molar-refractivity contribution is -0.129. The first-order valence-corrected chi connectivity index (χ1v) is 7.13. The van der Waals surface area contributed by atoms with Crippen molar-refractivity contribution in [3.8, 4) is 0 Å². The number of carbonyl (C=O) groups is 2. The second-order valence-corrected chi connectivity index (χ2v) is 6.22. The van der Waals surface area contributed by atoms with Crippen LogP contribution in [-0.4, -0.2) is 47.6 Å². The van der Waals surface area contributed by atoms with Crippen molar-refractivity contribution in [2.45, 2.75) is 45.6 Å². The molecular formula is C14H24N2O3. The van der Waals surface area contributed by atoms with Gasteiger partial charge in [0.25, 0.3) is 0 Å². The molecule has 1 heterocycles. The van der Waals surface area contributed by atoms with Gasteiger partial charge in [0.15, 0.2) is 0 Å². The van der Waals surface area contributed by atoms with Gasteiger partial charge in [0.05, 0.1) is 12.5 Å². The van der Waals surface area contributed by atoms with Gasteiger partial charge >= 0.3 is 0 Å². The SMILES string of the molecule is CC(=O)N1CCC(C(=O)NC2CCCC2(C)CO)C1. The molecule has 3 atom stereocenters. The number of aliphatic hydroxyl groups is 1. The topological polar surface area (TPSA) is 69.6 Å². The molecule has 2 aliphatic rings. The molecule has 0 spiro atoms. The van der Waals surface area contributed by atoms with Gasteiger partial charge in [0.1, 0.15) is 0 Å². The lowest BCUT2D eigenvalue weighted by Crippen LogP contribution is -2.47. The quantitative estimate of drug-likeness (QED) is 0.784. The van der Waals surface area contributed by atoms with Gasteiger partial charge in [-0.2, -0.15) is 0 Å². The fraction of sp³-hybridized carbons (Fsp3) is 0.857. The van der Waals surface area contributed by atoms with Gasteiger partial charge in [0, 0.05) is 31.5 Å². The molecule has 1 aliphatic carbocycles. The number of rotatable bonds is 3. The molecule has 5 nitrogen and oxygen atoms in total. The first kappa shape index (κ1) is 14.3. The third-order valence-electron chi connectivity index (χ3n) is 4.76. The fourth-order valence-corrected chi connectivity index (χ4v) is 3.22. The van der Waals surface area contributed by atoms with Gasteiger partial charge in [-0.3, -0.25) is 9.59 Å². The van der Waals surface area contributed by atoms with Crippen molar-refractivity contribution in [2.75, 3.05) is 19.7 Å². The van der Waals surface area contributed by atoms with E-state index in [-0.39, 0.29) is 35.8 Å². The van der Waals surface area contributed by atoms with Crippen LogP contribution in [0.2, 0.25) is 0 Å². The van der Waals surface area contributed by atoms with Gasteiger partial charge in [-0.05, 0) is 19.3 Å². The number of nitrogens with zero attached hydrogens (tertiary/aromatic N) is 1. The molecule has 3 unspecified atom stereocenters. The molecule has 1 saturated heterocycles. The minimum absolute atomic E-state index is 0.0373. The molecule has 2 amide bonds. The monoisotopic (exact) mass is 268 g/mol. The number of aliphatic hydroxyl groups excluding tert-OH is 1. The van der Waals surface area contributed by atoms with Crippen LogP contribution >= 0.6 is 0 Å². The summed E-state index contributed by atoms with van der Waals surface area (Å²) in [6.07, 6.45) is 3.69. The van der Waals surface area contributed by atoms with E-state index in [4.69, 9.17) is 0 Å².